The molecule has 5 nitrogen and oxygen atoms in total. The van der Waals surface area contributed by atoms with Gasteiger partial charge in [-0.1, -0.05) is 13.8 Å². The van der Waals surface area contributed by atoms with Crippen LogP contribution < -0.4 is 11.1 Å². The summed E-state index contributed by atoms with van der Waals surface area (Å²) < 4.78 is 10.6. The highest BCUT2D eigenvalue weighted by Crippen LogP contribution is 2.16. The molecule has 1 rings (SSSR count). The van der Waals surface area contributed by atoms with Crippen molar-refractivity contribution < 1.29 is 14.3 Å². The predicted octanol–water partition coefficient (Wildman–Crippen LogP) is 0.282. The molecule has 0 saturated carbocycles. The van der Waals surface area contributed by atoms with E-state index in [4.69, 9.17) is 15.2 Å². The first-order chi connectivity index (χ1) is 7.97. The zero-order valence-electron chi connectivity index (χ0n) is 11.0. The molecule has 1 aliphatic rings. The molecule has 5 heteroatoms. The van der Waals surface area contributed by atoms with Gasteiger partial charge in [-0.2, -0.15) is 0 Å². The molecule has 2 atom stereocenters. The number of carbonyl (C=O) groups is 1. The van der Waals surface area contributed by atoms with Crippen LogP contribution in [0.25, 0.3) is 0 Å². The third-order valence-corrected chi connectivity index (χ3v) is 2.84. The Morgan fingerprint density at radius 2 is 2.24 bits per heavy atom. The maximum Gasteiger partial charge on any atom is 0.252 e. The van der Waals surface area contributed by atoms with Gasteiger partial charge in [-0.25, -0.2) is 0 Å². The highest BCUT2D eigenvalue weighted by atomic mass is 16.6. The Kier molecular flexibility index (Phi) is 5.36. The van der Waals surface area contributed by atoms with Crippen molar-refractivity contribution in [1.82, 2.24) is 5.32 Å². The summed E-state index contributed by atoms with van der Waals surface area (Å²) >= 11 is 0. The summed E-state index contributed by atoms with van der Waals surface area (Å²) in [4.78, 5) is 12.0. The summed E-state index contributed by atoms with van der Waals surface area (Å²) in [6.07, 6.45) is 0.352. The minimum absolute atomic E-state index is 0.127. The van der Waals surface area contributed by atoms with E-state index in [1.165, 1.54) is 0 Å². The zero-order chi connectivity index (χ0) is 12.9. The summed E-state index contributed by atoms with van der Waals surface area (Å²) in [5.41, 5.74) is 5.38. The van der Waals surface area contributed by atoms with Crippen molar-refractivity contribution in [3.05, 3.63) is 0 Å². The van der Waals surface area contributed by atoms with E-state index in [0.29, 0.717) is 32.3 Å². The van der Waals surface area contributed by atoms with Gasteiger partial charge in [0.25, 0.3) is 5.91 Å². The monoisotopic (exact) mass is 244 g/mol. The minimum atomic E-state index is -0.498. The van der Waals surface area contributed by atoms with Crippen molar-refractivity contribution in [1.29, 1.82) is 0 Å². The topological polar surface area (TPSA) is 73.6 Å². The first kappa shape index (κ1) is 14.4. The average molecular weight is 244 g/mol. The maximum atomic E-state index is 12.0. The molecule has 1 amide bonds. The van der Waals surface area contributed by atoms with E-state index in [2.05, 4.69) is 19.2 Å². The summed E-state index contributed by atoms with van der Waals surface area (Å²) in [5.74, 6) is 0.352. The fourth-order valence-corrected chi connectivity index (χ4v) is 2.10. The lowest BCUT2D eigenvalue weighted by Crippen LogP contribution is -2.56. The van der Waals surface area contributed by atoms with Crippen molar-refractivity contribution >= 4 is 5.91 Å². The molecular weight excluding hydrogens is 220 g/mol. The standard InChI is InChI=1S/C12H24N2O3/c1-9(2)6-12(3,8-13)14-11(15)10-7-16-4-5-17-10/h9-10H,4-8,13H2,1-3H3,(H,14,15). The minimum Gasteiger partial charge on any atom is -0.376 e. The van der Waals surface area contributed by atoms with Gasteiger partial charge in [0, 0.05) is 12.1 Å². The summed E-state index contributed by atoms with van der Waals surface area (Å²) in [6.45, 7) is 7.97. The van der Waals surface area contributed by atoms with E-state index in [0.717, 1.165) is 6.42 Å². The van der Waals surface area contributed by atoms with E-state index in [1.807, 2.05) is 6.92 Å². The molecule has 0 aromatic carbocycles. The van der Waals surface area contributed by atoms with Crippen LogP contribution in [-0.4, -0.2) is 43.9 Å². The largest absolute Gasteiger partial charge is 0.376 e. The molecule has 2 unspecified atom stereocenters. The van der Waals surface area contributed by atoms with Gasteiger partial charge in [0.2, 0.25) is 0 Å². The van der Waals surface area contributed by atoms with E-state index in [-0.39, 0.29) is 11.4 Å². The molecule has 0 aromatic rings. The molecule has 0 spiro atoms. The van der Waals surface area contributed by atoms with E-state index in [9.17, 15) is 4.79 Å². The van der Waals surface area contributed by atoms with Crippen molar-refractivity contribution in [2.75, 3.05) is 26.4 Å². The normalized spacial score (nSPS) is 24.4. The van der Waals surface area contributed by atoms with Gasteiger partial charge in [-0.3, -0.25) is 4.79 Å². The van der Waals surface area contributed by atoms with E-state index < -0.39 is 6.10 Å². The van der Waals surface area contributed by atoms with Crippen LogP contribution in [-0.2, 0) is 14.3 Å². The van der Waals surface area contributed by atoms with E-state index in [1.54, 1.807) is 0 Å². The maximum absolute atomic E-state index is 12.0. The van der Waals surface area contributed by atoms with Crippen LogP contribution in [0, 0.1) is 5.92 Å². The Bertz CT molecular complexity index is 252. The molecule has 0 bridgehead atoms. The number of nitrogens with two attached hydrogens (primary N) is 1. The SMILES string of the molecule is CC(C)CC(C)(CN)NC(=O)C1COCCO1. The van der Waals surface area contributed by atoms with Crippen LogP contribution in [0.2, 0.25) is 0 Å². The number of ether oxygens (including phenoxy) is 2. The summed E-state index contributed by atoms with van der Waals surface area (Å²) in [7, 11) is 0. The molecule has 17 heavy (non-hydrogen) atoms. The molecule has 100 valence electrons. The first-order valence-electron chi connectivity index (χ1n) is 6.18. The van der Waals surface area contributed by atoms with Gasteiger partial charge in [0.1, 0.15) is 0 Å². The molecule has 0 aliphatic carbocycles. The van der Waals surface area contributed by atoms with Crippen LogP contribution in [0.3, 0.4) is 0 Å². The van der Waals surface area contributed by atoms with Gasteiger partial charge in [-0.15, -0.1) is 0 Å². The van der Waals surface area contributed by atoms with Gasteiger partial charge in [-0.05, 0) is 19.3 Å². The third-order valence-electron chi connectivity index (χ3n) is 2.84. The second-order valence-electron chi connectivity index (χ2n) is 5.29. The lowest BCUT2D eigenvalue weighted by atomic mass is 9.90. The number of hydrogen-bond acceptors (Lipinski definition) is 4. The van der Waals surface area contributed by atoms with Gasteiger partial charge < -0.3 is 20.5 Å². The second kappa shape index (κ2) is 6.33. The van der Waals surface area contributed by atoms with Crippen molar-refractivity contribution in [3.8, 4) is 0 Å². The molecule has 1 aliphatic heterocycles. The van der Waals surface area contributed by atoms with E-state index >= 15 is 0 Å². The van der Waals surface area contributed by atoms with Gasteiger partial charge in [0.05, 0.1) is 19.8 Å². The van der Waals surface area contributed by atoms with Crippen LogP contribution in [0.4, 0.5) is 0 Å². The first-order valence-corrected chi connectivity index (χ1v) is 6.18. The van der Waals surface area contributed by atoms with Crippen molar-refractivity contribution in [2.24, 2.45) is 11.7 Å². The Balaban J connectivity index is 2.51. The zero-order valence-corrected chi connectivity index (χ0v) is 11.0. The molecule has 0 radical (unpaired) electrons. The second-order valence-corrected chi connectivity index (χ2v) is 5.29. The third kappa shape index (κ3) is 4.61. The highest BCUT2D eigenvalue weighted by molar-refractivity contribution is 5.81. The summed E-state index contributed by atoms with van der Waals surface area (Å²) in [5, 5.41) is 2.98. The Hall–Kier alpha value is -0.650. The Morgan fingerprint density at radius 1 is 1.53 bits per heavy atom. The Labute approximate surface area is 103 Å². The van der Waals surface area contributed by atoms with Crippen molar-refractivity contribution in [3.63, 3.8) is 0 Å². The van der Waals surface area contributed by atoms with Crippen LogP contribution in [0.1, 0.15) is 27.2 Å². The predicted molar refractivity (Wildman–Crippen MR) is 65.6 cm³/mol. The molecule has 1 heterocycles. The smallest absolute Gasteiger partial charge is 0.252 e. The van der Waals surface area contributed by atoms with Crippen LogP contribution in [0.5, 0.6) is 0 Å². The number of rotatable bonds is 5. The number of amides is 1. The lowest BCUT2D eigenvalue weighted by molar-refractivity contribution is -0.149. The quantitative estimate of drug-likeness (QED) is 0.728. The van der Waals surface area contributed by atoms with Gasteiger partial charge in [0.15, 0.2) is 6.10 Å². The molecule has 1 saturated heterocycles. The number of nitrogens with one attached hydrogen (secondary N) is 1. The molecular formula is C12H24N2O3. The average Bonchev–Trinajstić information content (AvgIpc) is 2.29. The van der Waals surface area contributed by atoms with Crippen LogP contribution >= 0.6 is 0 Å². The summed E-state index contributed by atoms with van der Waals surface area (Å²) in [6, 6.07) is 0. The Morgan fingerprint density at radius 3 is 2.71 bits per heavy atom. The fraction of sp³-hybridized carbons (Fsp3) is 0.917. The van der Waals surface area contributed by atoms with Crippen molar-refractivity contribution in [2.45, 2.75) is 38.8 Å². The molecule has 1 fully saturated rings. The highest BCUT2D eigenvalue weighted by Gasteiger charge is 2.30. The van der Waals surface area contributed by atoms with Crippen LogP contribution in [0.15, 0.2) is 0 Å². The fourth-order valence-electron chi connectivity index (χ4n) is 2.10. The van der Waals surface area contributed by atoms with Gasteiger partial charge >= 0.3 is 0 Å². The molecule has 0 aromatic heterocycles. The number of hydrogen-bond donors (Lipinski definition) is 2. The number of carbonyl (C=O) groups excluding carboxylic acids is 1. The lowest BCUT2D eigenvalue weighted by Gasteiger charge is -2.33. The molecule has 3 N–H and O–H groups in total.